The smallest absolute Gasteiger partial charge is 0.0159 e. The molecule has 0 radical (unpaired) electrons. The van der Waals surface area contributed by atoms with Gasteiger partial charge in [0.1, 0.15) is 0 Å². The molecule has 0 aliphatic heterocycles. The van der Waals surface area contributed by atoms with Crippen LogP contribution in [0.4, 0.5) is 0 Å². The van der Waals surface area contributed by atoms with Crippen LogP contribution in [0.25, 0.3) is 186 Å². The Morgan fingerprint density at radius 3 is 0.873 bits per heavy atom. The second-order valence-electron chi connectivity index (χ2n) is 29.2. The average molecular weight is 1300 g/mol. The van der Waals surface area contributed by atoms with Gasteiger partial charge in [0.05, 0.1) is 0 Å². The van der Waals surface area contributed by atoms with Gasteiger partial charge < -0.3 is 0 Å². The van der Waals surface area contributed by atoms with Crippen molar-refractivity contribution in [3.05, 3.63) is 374 Å². The number of fused-ring (bicyclic) bond motifs is 18. The standard InChI is InChI=1S/C53H36.C49H34/c1-53(2)48-29-28-36(31-47(48)52-39-16-6-3-13-34(39)27-30-49(52)53)33-23-25-35(26-24-33)50-42-19-9-11-21-44(42)51(45-22-12-10-20-43(45)50)46-32-37-14-4-5-15-38(37)40-17-7-8-18-41(40)46;1-49(2)44-28-27-35(30-43(44)48-37-16-6-4-13-33(37)26-29-45(48)49)31-22-24-34(25-23-31)46-39-17-7-9-19-41(39)47(42-20-10-8-18-40(42)46)38-21-11-14-32-12-3-5-15-36(32)38/h3-32H,1-2H3;3-30H,1-2H3. The lowest BCUT2D eigenvalue weighted by molar-refractivity contribution is 0.661. The Morgan fingerprint density at radius 1 is 0.147 bits per heavy atom. The molecule has 0 atom stereocenters. The summed E-state index contributed by atoms with van der Waals surface area (Å²) >= 11 is 0. The SMILES string of the molecule is CC1(C)c2ccc(-c3ccc(-c4c5ccccc5c(-c5cc6ccccc6c6ccccc56)c5ccccc45)cc3)cc2-c2c1ccc1ccccc21.CC1(C)c2ccc(-c3ccc(-c4c5ccccc5c(-c5cccc6ccccc56)c5ccccc45)cc3)cc2-c2c1ccc1ccccc21. The van der Waals surface area contributed by atoms with Gasteiger partial charge in [0.15, 0.2) is 0 Å². The van der Waals surface area contributed by atoms with Crippen LogP contribution in [-0.4, -0.2) is 0 Å². The minimum atomic E-state index is -0.0372. The van der Waals surface area contributed by atoms with Gasteiger partial charge in [-0.1, -0.05) is 361 Å². The van der Waals surface area contributed by atoms with E-state index in [1.54, 1.807) is 0 Å². The summed E-state index contributed by atoms with van der Waals surface area (Å²) in [4.78, 5) is 0. The summed E-state index contributed by atoms with van der Waals surface area (Å²) in [5.74, 6) is 0. The maximum Gasteiger partial charge on any atom is 0.0159 e. The molecule has 0 heteroatoms. The molecule has 21 rings (SSSR count). The Labute approximate surface area is 594 Å². The van der Waals surface area contributed by atoms with Crippen LogP contribution in [0.3, 0.4) is 0 Å². The Kier molecular flexibility index (Phi) is 13.5. The summed E-state index contributed by atoms with van der Waals surface area (Å²) in [6.45, 7) is 9.45. The molecule has 0 unspecified atom stereocenters. The van der Waals surface area contributed by atoms with Crippen molar-refractivity contribution in [1.29, 1.82) is 0 Å². The molecule has 0 heterocycles. The number of hydrogen-bond donors (Lipinski definition) is 0. The zero-order valence-electron chi connectivity index (χ0n) is 57.5. The monoisotopic (exact) mass is 1290 g/mol. The highest BCUT2D eigenvalue weighted by Crippen LogP contribution is 2.55. The molecule has 0 saturated heterocycles. The van der Waals surface area contributed by atoms with Crippen LogP contribution in [0.2, 0.25) is 0 Å². The predicted molar refractivity (Wildman–Crippen MR) is 438 cm³/mol. The maximum absolute atomic E-state index is 2.43. The Hall–Kier alpha value is -12.5. The highest BCUT2D eigenvalue weighted by atomic mass is 14.4. The van der Waals surface area contributed by atoms with Crippen LogP contribution in [0, 0.1) is 0 Å². The van der Waals surface area contributed by atoms with E-state index in [4.69, 9.17) is 0 Å². The van der Waals surface area contributed by atoms with E-state index in [0.29, 0.717) is 0 Å². The van der Waals surface area contributed by atoms with Crippen molar-refractivity contribution in [3.8, 4) is 89.0 Å². The van der Waals surface area contributed by atoms with Gasteiger partial charge in [-0.3, -0.25) is 0 Å². The quantitative estimate of drug-likeness (QED) is 0.115. The first kappa shape index (κ1) is 59.6. The van der Waals surface area contributed by atoms with Crippen molar-refractivity contribution < 1.29 is 0 Å². The van der Waals surface area contributed by atoms with Gasteiger partial charge in [-0.2, -0.15) is 0 Å². The summed E-state index contributed by atoms with van der Waals surface area (Å²) in [7, 11) is 0. The van der Waals surface area contributed by atoms with E-state index in [2.05, 4.69) is 380 Å². The van der Waals surface area contributed by atoms with E-state index in [-0.39, 0.29) is 10.8 Å². The maximum atomic E-state index is 2.43. The molecule has 0 bridgehead atoms. The summed E-state index contributed by atoms with van der Waals surface area (Å²) in [6, 6.07) is 131. The van der Waals surface area contributed by atoms with Crippen LogP contribution < -0.4 is 0 Å². The number of benzene rings is 19. The third-order valence-electron chi connectivity index (χ3n) is 23.1. The molecule has 102 heavy (non-hydrogen) atoms. The molecule has 0 amide bonds. The zero-order chi connectivity index (χ0) is 68.0. The fourth-order valence-electron chi connectivity index (χ4n) is 18.2. The van der Waals surface area contributed by atoms with Crippen LogP contribution in [0.1, 0.15) is 49.9 Å². The summed E-state index contributed by atoms with van der Waals surface area (Å²) in [5, 5.41) is 23.2. The minimum absolute atomic E-state index is 0.0304. The van der Waals surface area contributed by atoms with E-state index < -0.39 is 0 Å². The lowest BCUT2D eigenvalue weighted by Gasteiger charge is -2.21. The van der Waals surface area contributed by atoms with E-state index >= 15 is 0 Å². The number of rotatable bonds is 6. The molecular formula is C102H70. The van der Waals surface area contributed by atoms with Gasteiger partial charge in [-0.25, -0.2) is 0 Å². The van der Waals surface area contributed by atoms with Gasteiger partial charge in [0.2, 0.25) is 0 Å². The first-order chi connectivity index (χ1) is 50.1. The fraction of sp³-hybridized carbons (Fsp3) is 0.0588. The van der Waals surface area contributed by atoms with Crippen molar-refractivity contribution in [2.45, 2.75) is 38.5 Å². The van der Waals surface area contributed by atoms with Crippen molar-refractivity contribution in [3.63, 3.8) is 0 Å². The van der Waals surface area contributed by atoms with E-state index in [9.17, 15) is 0 Å². The molecule has 2 aliphatic carbocycles. The summed E-state index contributed by atoms with van der Waals surface area (Å²) < 4.78 is 0. The van der Waals surface area contributed by atoms with Crippen molar-refractivity contribution in [2.75, 3.05) is 0 Å². The van der Waals surface area contributed by atoms with Crippen LogP contribution in [-0.2, 0) is 10.8 Å². The highest BCUT2D eigenvalue weighted by Gasteiger charge is 2.38. The Bertz CT molecular complexity index is 6600. The molecule has 0 saturated carbocycles. The van der Waals surface area contributed by atoms with Crippen LogP contribution >= 0.6 is 0 Å². The van der Waals surface area contributed by atoms with Crippen molar-refractivity contribution >= 4 is 97.0 Å². The second kappa shape index (κ2) is 23.0. The predicted octanol–water partition coefficient (Wildman–Crippen LogP) is 28.4. The van der Waals surface area contributed by atoms with Crippen LogP contribution in [0.15, 0.2) is 352 Å². The molecule has 19 aromatic rings. The zero-order valence-corrected chi connectivity index (χ0v) is 57.5. The first-order valence-electron chi connectivity index (χ1n) is 36.0. The minimum Gasteiger partial charge on any atom is -0.0616 e. The molecule has 0 spiro atoms. The first-order valence-corrected chi connectivity index (χ1v) is 36.0. The molecular weight excluding hydrogens is 1230 g/mol. The normalized spacial score (nSPS) is 13.3. The summed E-state index contributed by atoms with van der Waals surface area (Å²) in [6.07, 6.45) is 0. The van der Waals surface area contributed by atoms with Gasteiger partial charge >= 0.3 is 0 Å². The van der Waals surface area contributed by atoms with Crippen molar-refractivity contribution in [1.82, 2.24) is 0 Å². The lowest BCUT2D eigenvalue weighted by atomic mass is 9.82. The molecule has 478 valence electrons. The average Bonchev–Trinajstić information content (AvgIpc) is 1.08. The summed E-state index contributed by atoms with van der Waals surface area (Å²) in [5.41, 5.74) is 26.2. The van der Waals surface area contributed by atoms with Gasteiger partial charge in [-0.15, -0.1) is 0 Å². The molecule has 19 aromatic carbocycles. The fourth-order valence-corrected chi connectivity index (χ4v) is 18.2. The Morgan fingerprint density at radius 2 is 0.441 bits per heavy atom. The topological polar surface area (TPSA) is 0 Å². The molecule has 0 N–H and O–H groups in total. The van der Waals surface area contributed by atoms with E-state index in [1.807, 2.05) is 0 Å². The van der Waals surface area contributed by atoms with Crippen molar-refractivity contribution in [2.24, 2.45) is 0 Å². The van der Waals surface area contributed by atoms with Gasteiger partial charge in [0, 0.05) is 10.8 Å². The third kappa shape index (κ3) is 9.09. The second-order valence-corrected chi connectivity index (χ2v) is 29.2. The molecule has 0 fully saturated rings. The lowest BCUT2D eigenvalue weighted by Crippen LogP contribution is -2.14. The molecule has 0 aromatic heterocycles. The largest absolute Gasteiger partial charge is 0.0616 e. The highest BCUT2D eigenvalue weighted by molar-refractivity contribution is 6.27. The molecule has 0 nitrogen and oxygen atoms in total. The third-order valence-corrected chi connectivity index (χ3v) is 23.1. The van der Waals surface area contributed by atoms with Crippen LogP contribution in [0.5, 0.6) is 0 Å². The van der Waals surface area contributed by atoms with E-state index in [1.165, 1.54) is 208 Å². The van der Waals surface area contributed by atoms with Gasteiger partial charge in [-0.05, 0) is 226 Å². The Balaban J connectivity index is 0.000000137. The number of hydrogen-bond acceptors (Lipinski definition) is 0. The van der Waals surface area contributed by atoms with Gasteiger partial charge in [0.25, 0.3) is 0 Å². The molecule has 2 aliphatic rings. The van der Waals surface area contributed by atoms with E-state index in [0.717, 1.165) is 0 Å².